The zero-order valence-corrected chi connectivity index (χ0v) is 13.6. The number of carbonyl (C=O) groups is 3. The molecule has 0 radical (unpaired) electrons. The van der Waals surface area contributed by atoms with Crippen LogP contribution in [0.5, 0.6) is 5.75 Å². The van der Waals surface area contributed by atoms with Gasteiger partial charge in [-0.05, 0) is 26.2 Å². The Balaban J connectivity index is 0.000000754. The summed E-state index contributed by atoms with van der Waals surface area (Å²) in [6.07, 6.45) is 6.32. The molecule has 2 N–H and O–H groups in total. The Morgan fingerprint density at radius 3 is 2.29 bits per heavy atom. The molecule has 1 aromatic heterocycles. The highest BCUT2D eigenvalue weighted by Crippen LogP contribution is 2.17. The largest absolute Gasteiger partial charge is 0.473 e. The van der Waals surface area contributed by atoms with Gasteiger partial charge < -0.3 is 19.8 Å². The van der Waals surface area contributed by atoms with Crippen molar-refractivity contribution in [2.24, 2.45) is 0 Å². The molecule has 0 aliphatic heterocycles. The molecule has 130 valence electrons. The van der Waals surface area contributed by atoms with Crippen molar-refractivity contribution in [3.8, 4) is 18.1 Å². The molecule has 24 heavy (non-hydrogen) atoms. The van der Waals surface area contributed by atoms with E-state index >= 15 is 0 Å². The smallest absolute Gasteiger partial charge is 0.415 e. The van der Waals surface area contributed by atoms with Crippen molar-refractivity contribution in [3.05, 3.63) is 24.0 Å². The van der Waals surface area contributed by atoms with Crippen LogP contribution in [-0.4, -0.2) is 70.7 Å². The van der Waals surface area contributed by atoms with Crippen LogP contribution in [0.25, 0.3) is 0 Å². The van der Waals surface area contributed by atoms with E-state index in [4.69, 9.17) is 31.0 Å². The Kier molecular flexibility index (Phi) is 9.20. The Labute approximate surface area is 139 Å². The summed E-state index contributed by atoms with van der Waals surface area (Å²) >= 11 is 0. The predicted octanol–water partition coefficient (Wildman–Crippen LogP) is 0.363. The highest BCUT2D eigenvalue weighted by Gasteiger charge is 2.13. The first-order valence-electron chi connectivity index (χ1n) is 6.60. The average molecular weight is 337 g/mol. The molecule has 0 spiro atoms. The maximum atomic E-state index is 11.7. The minimum absolute atomic E-state index is 0.210. The second kappa shape index (κ2) is 10.6. The number of terminal acetylenes is 1. The summed E-state index contributed by atoms with van der Waals surface area (Å²) in [6.45, 7) is 0.810. The number of carboxylic acid groups (broad SMARTS) is 2. The fourth-order valence-corrected chi connectivity index (χ4v) is 1.31. The van der Waals surface area contributed by atoms with Crippen LogP contribution in [0.1, 0.15) is 5.69 Å². The van der Waals surface area contributed by atoms with Gasteiger partial charge in [0.15, 0.2) is 5.75 Å². The summed E-state index contributed by atoms with van der Waals surface area (Å²) in [6, 6.07) is 3.44. The molecule has 0 fully saturated rings. The number of carboxylic acids is 2. The van der Waals surface area contributed by atoms with E-state index in [1.807, 2.05) is 19.0 Å². The number of carbonyl (C=O) groups excluding carboxylic acids is 1. The van der Waals surface area contributed by atoms with E-state index in [2.05, 4.69) is 10.9 Å². The molecule has 0 atom stereocenters. The molecule has 0 unspecified atom stereocenters. The molecule has 9 nitrogen and oxygen atoms in total. The number of ether oxygens (including phenoxy) is 1. The quantitative estimate of drug-likeness (QED) is 0.597. The summed E-state index contributed by atoms with van der Waals surface area (Å²) in [5.74, 6) is -0.808. The van der Waals surface area contributed by atoms with E-state index in [-0.39, 0.29) is 6.54 Å². The number of pyridine rings is 1. The van der Waals surface area contributed by atoms with Crippen molar-refractivity contribution in [3.63, 3.8) is 0 Å². The first-order valence-corrected chi connectivity index (χ1v) is 6.60. The molecule has 0 aromatic carbocycles. The third-order valence-electron chi connectivity index (χ3n) is 2.33. The number of hydrogen-bond donors (Lipinski definition) is 2. The van der Waals surface area contributed by atoms with Gasteiger partial charge in [-0.1, -0.05) is 5.92 Å². The molecular weight excluding hydrogens is 318 g/mol. The fourth-order valence-electron chi connectivity index (χ4n) is 1.31. The van der Waals surface area contributed by atoms with Crippen molar-refractivity contribution < 1.29 is 29.3 Å². The minimum atomic E-state index is -1.82. The van der Waals surface area contributed by atoms with Crippen LogP contribution in [0.2, 0.25) is 0 Å². The maximum Gasteiger partial charge on any atom is 0.415 e. The Hall–Kier alpha value is -3.12. The molecule has 1 amide bonds. The lowest BCUT2D eigenvalue weighted by molar-refractivity contribution is -0.159. The molecule has 0 aliphatic rings. The van der Waals surface area contributed by atoms with Gasteiger partial charge in [0.25, 0.3) is 0 Å². The van der Waals surface area contributed by atoms with Crippen LogP contribution in [0.4, 0.5) is 4.79 Å². The van der Waals surface area contributed by atoms with Crippen molar-refractivity contribution >= 4 is 18.0 Å². The van der Waals surface area contributed by atoms with E-state index in [1.54, 1.807) is 25.4 Å². The Bertz CT molecular complexity index is 612. The van der Waals surface area contributed by atoms with Gasteiger partial charge in [0.05, 0.1) is 12.2 Å². The molecule has 1 rings (SSSR count). The molecule has 1 heterocycles. The van der Waals surface area contributed by atoms with Crippen LogP contribution in [0.3, 0.4) is 0 Å². The molecule has 1 aromatic rings. The molecule has 0 bridgehead atoms. The average Bonchev–Trinajstić information content (AvgIpc) is 2.49. The molecular formula is C15H19N3O6. The second-order valence-electron chi connectivity index (χ2n) is 4.72. The third-order valence-corrected chi connectivity index (χ3v) is 2.33. The number of hydrogen-bond acceptors (Lipinski definition) is 6. The molecule has 0 aliphatic carbocycles. The standard InChI is InChI=1S/C13H17N3O2.C2H2O4/c1-5-9-16(4)13(17)18-12-7-6-8-14-11(12)10-15(2)3;3-1(4)2(5)6/h1,6-8H,9-10H2,2-4H3;(H,3,4)(H,5,6). The van der Waals surface area contributed by atoms with E-state index < -0.39 is 18.0 Å². The van der Waals surface area contributed by atoms with Crippen LogP contribution in [0.15, 0.2) is 18.3 Å². The second-order valence-corrected chi connectivity index (χ2v) is 4.72. The van der Waals surface area contributed by atoms with Gasteiger partial charge in [0.1, 0.15) is 0 Å². The number of aromatic nitrogens is 1. The van der Waals surface area contributed by atoms with Crippen LogP contribution >= 0.6 is 0 Å². The summed E-state index contributed by atoms with van der Waals surface area (Å²) in [7, 11) is 5.43. The third kappa shape index (κ3) is 8.35. The monoisotopic (exact) mass is 337 g/mol. The lowest BCUT2D eigenvalue weighted by Gasteiger charge is -2.16. The van der Waals surface area contributed by atoms with Gasteiger partial charge in [-0.25, -0.2) is 14.4 Å². The Morgan fingerprint density at radius 2 is 1.83 bits per heavy atom. The summed E-state index contributed by atoms with van der Waals surface area (Å²) in [4.78, 5) is 37.4. The Morgan fingerprint density at radius 1 is 1.25 bits per heavy atom. The minimum Gasteiger partial charge on any atom is -0.473 e. The molecule has 9 heteroatoms. The maximum absolute atomic E-state index is 11.7. The van der Waals surface area contributed by atoms with Gasteiger partial charge >= 0.3 is 18.0 Å². The van der Waals surface area contributed by atoms with E-state index in [9.17, 15) is 4.79 Å². The first kappa shape index (κ1) is 20.9. The lowest BCUT2D eigenvalue weighted by Crippen LogP contribution is -2.30. The highest BCUT2D eigenvalue weighted by molar-refractivity contribution is 6.27. The van der Waals surface area contributed by atoms with Crippen molar-refractivity contribution in [2.75, 3.05) is 27.7 Å². The highest BCUT2D eigenvalue weighted by atomic mass is 16.6. The molecule has 0 saturated carbocycles. The SMILES string of the molecule is C#CCN(C)C(=O)Oc1cccnc1CN(C)C.O=C(O)C(=O)O. The summed E-state index contributed by atoms with van der Waals surface area (Å²) < 4.78 is 5.26. The number of rotatable bonds is 4. The molecule has 0 saturated heterocycles. The van der Waals surface area contributed by atoms with Gasteiger partial charge in [-0.3, -0.25) is 9.88 Å². The summed E-state index contributed by atoms with van der Waals surface area (Å²) in [5.41, 5.74) is 0.713. The number of amides is 1. The number of nitrogens with zero attached hydrogens (tertiary/aromatic N) is 3. The van der Waals surface area contributed by atoms with Crippen molar-refractivity contribution in [1.82, 2.24) is 14.8 Å². The van der Waals surface area contributed by atoms with E-state index in [0.717, 1.165) is 0 Å². The van der Waals surface area contributed by atoms with Crippen molar-refractivity contribution in [2.45, 2.75) is 6.54 Å². The van der Waals surface area contributed by atoms with Crippen LogP contribution in [-0.2, 0) is 16.1 Å². The number of aliphatic carboxylic acids is 2. The van der Waals surface area contributed by atoms with Crippen LogP contribution < -0.4 is 4.74 Å². The van der Waals surface area contributed by atoms with Gasteiger partial charge in [0.2, 0.25) is 0 Å². The normalized spacial score (nSPS) is 9.29. The summed E-state index contributed by atoms with van der Waals surface area (Å²) in [5, 5.41) is 14.8. The van der Waals surface area contributed by atoms with Crippen LogP contribution in [0, 0.1) is 12.3 Å². The first-order chi connectivity index (χ1) is 11.2. The van der Waals surface area contributed by atoms with E-state index in [1.165, 1.54) is 4.90 Å². The van der Waals surface area contributed by atoms with E-state index in [0.29, 0.717) is 18.0 Å². The lowest BCUT2D eigenvalue weighted by atomic mass is 10.3. The van der Waals surface area contributed by atoms with Crippen molar-refractivity contribution in [1.29, 1.82) is 0 Å². The topological polar surface area (TPSA) is 120 Å². The van der Waals surface area contributed by atoms with Gasteiger partial charge in [-0.15, -0.1) is 6.42 Å². The van der Waals surface area contributed by atoms with Gasteiger partial charge in [0, 0.05) is 19.8 Å². The predicted molar refractivity (Wildman–Crippen MR) is 84.4 cm³/mol. The zero-order chi connectivity index (χ0) is 18.7. The fraction of sp³-hybridized carbons (Fsp3) is 0.333. The van der Waals surface area contributed by atoms with Gasteiger partial charge in [-0.2, -0.15) is 0 Å². The zero-order valence-electron chi connectivity index (χ0n) is 13.6.